The molecule has 2 saturated heterocycles. The summed E-state index contributed by atoms with van der Waals surface area (Å²) in [5.41, 5.74) is 6.41. The van der Waals surface area contributed by atoms with Crippen LogP contribution >= 0.6 is 0 Å². The van der Waals surface area contributed by atoms with Crippen molar-refractivity contribution < 1.29 is 0 Å². The molecule has 5 heteroatoms. The van der Waals surface area contributed by atoms with E-state index in [9.17, 15) is 0 Å². The summed E-state index contributed by atoms with van der Waals surface area (Å²) in [4.78, 5) is 13.9. The molecule has 0 aliphatic carbocycles. The van der Waals surface area contributed by atoms with Crippen LogP contribution in [-0.4, -0.2) is 46.6 Å². The smallest absolute Gasteiger partial charge is 0.147 e. The molecule has 2 aliphatic rings. The number of nitrogens with zero attached hydrogens (tertiary/aromatic N) is 4. The Kier molecular flexibility index (Phi) is 3.18. The molecule has 1 aromatic heterocycles. The Labute approximate surface area is 108 Å². The number of nitrogens with two attached hydrogens (primary N) is 1. The van der Waals surface area contributed by atoms with Crippen LogP contribution in [-0.2, 0) is 6.54 Å². The molecular weight excluding hydrogens is 226 g/mol. The molecule has 0 amide bonds. The minimum absolute atomic E-state index is 0.458. The van der Waals surface area contributed by atoms with E-state index in [4.69, 9.17) is 5.73 Å². The first-order chi connectivity index (χ1) is 8.78. The van der Waals surface area contributed by atoms with Gasteiger partial charge in [0, 0.05) is 31.7 Å². The molecule has 2 atom stereocenters. The quantitative estimate of drug-likeness (QED) is 0.829. The summed E-state index contributed by atoms with van der Waals surface area (Å²) in [6.07, 6.45) is 6.31. The fourth-order valence-corrected chi connectivity index (χ4v) is 3.11. The van der Waals surface area contributed by atoms with Gasteiger partial charge in [0.05, 0.1) is 18.1 Å². The first kappa shape index (κ1) is 11.9. The topological polar surface area (TPSA) is 58.3 Å². The van der Waals surface area contributed by atoms with Gasteiger partial charge in [0.2, 0.25) is 0 Å². The first-order valence-electron chi connectivity index (χ1n) is 6.79. The number of anilines is 1. The second-order valence-corrected chi connectivity index (χ2v) is 5.36. The predicted octanol–water partition coefficient (Wildman–Crippen LogP) is 0.608. The lowest BCUT2D eigenvalue weighted by Gasteiger charge is -2.42. The summed E-state index contributed by atoms with van der Waals surface area (Å²) in [6, 6.07) is 1.22. The number of fused-ring (bicyclic) bond motifs is 1. The second-order valence-electron chi connectivity index (χ2n) is 5.36. The molecule has 5 nitrogen and oxygen atoms in total. The average Bonchev–Trinajstić information content (AvgIpc) is 2.85. The van der Waals surface area contributed by atoms with Gasteiger partial charge < -0.3 is 10.6 Å². The number of hydrogen-bond donors (Lipinski definition) is 1. The molecule has 2 aliphatic heterocycles. The molecule has 3 rings (SSSR count). The standard InChI is InChI=1S/C13H21N5/c1-10-8-17-4-2-3-12(17)9-18(10)13-7-15-11(5-14)6-16-13/h6-7,10,12H,2-5,8-9,14H2,1H3. The van der Waals surface area contributed by atoms with Crippen molar-refractivity contribution in [1.82, 2.24) is 14.9 Å². The molecule has 2 fully saturated rings. The largest absolute Gasteiger partial charge is 0.350 e. The van der Waals surface area contributed by atoms with Crippen molar-refractivity contribution in [2.45, 2.75) is 38.4 Å². The van der Waals surface area contributed by atoms with Crippen LogP contribution in [0.5, 0.6) is 0 Å². The molecule has 0 spiro atoms. The van der Waals surface area contributed by atoms with Gasteiger partial charge in [-0.25, -0.2) is 4.98 Å². The van der Waals surface area contributed by atoms with Crippen LogP contribution in [0.3, 0.4) is 0 Å². The van der Waals surface area contributed by atoms with Gasteiger partial charge in [-0.15, -0.1) is 0 Å². The van der Waals surface area contributed by atoms with E-state index in [1.165, 1.54) is 19.4 Å². The van der Waals surface area contributed by atoms with Gasteiger partial charge in [-0.05, 0) is 26.3 Å². The zero-order chi connectivity index (χ0) is 12.5. The van der Waals surface area contributed by atoms with Crippen molar-refractivity contribution in [2.75, 3.05) is 24.5 Å². The van der Waals surface area contributed by atoms with Crippen molar-refractivity contribution in [3.8, 4) is 0 Å². The van der Waals surface area contributed by atoms with Gasteiger partial charge in [-0.1, -0.05) is 0 Å². The van der Waals surface area contributed by atoms with E-state index in [1.807, 2.05) is 6.20 Å². The molecule has 0 radical (unpaired) electrons. The number of piperazine rings is 1. The molecular formula is C13H21N5. The van der Waals surface area contributed by atoms with Crippen LogP contribution in [0.4, 0.5) is 5.82 Å². The third-order valence-corrected chi connectivity index (χ3v) is 4.13. The van der Waals surface area contributed by atoms with E-state index in [-0.39, 0.29) is 0 Å². The Bertz CT molecular complexity index is 404. The van der Waals surface area contributed by atoms with Gasteiger partial charge in [-0.2, -0.15) is 0 Å². The highest BCUT2D eigenvalue weighted by molar-refractivity contribution is 5.38. The maximum Gasteiger partial charge on any atom is 0.147 e. The summed E-state index contributed by atoms with van der Waals surface area (Å²) >= 11 is 0. The second kappa shape index (κ2) is 4.82. The van der Waals surface area contributed by atoms with E-state index in [1.54, 1.807) is 6.20 Å². The molecule has 18 heavy (non-hydrogen) atoms. The van der Waals surface area contributed by atoms with Crippen molar-refractivity contribution in [3.05, 3.63) is 18.1 Å². The van der Waals surface area contributed by atoms with Crippen LogP contribution in [0.1, 0.15) is 25.5 Å². The highest BCUT2D eigenvalue weighted by Gasteiger charge is 2.34. The molecule has 2 N–H and O–H groups in total. The lowest BCUT2D eigenvalue weighted by atomic mass is 10.1. The maximum atomic E-state index is 5.55. The van der Waals surface area contributed by atoms with Crippen LogP contribution in [0.15, 0.2) is 12.4 Å². The van der Waals surface area contributed by atoms with Crippen molar-refractivity contribution in [3.63, 3.8) is 0 Å². The molecule has 98 valence electrons. The van der Waals surface area contributed by atoms with Gasteiger partial charge in [0.15, 0.2) is 0 Å². The van der Waals surface area contributed by atoms with Crippen molar-refractivity contribution in [1.29, 1.82) is 0 Å². The Morgan fingerprint density at radius 3 is 2.94 bits per heavy atom. The van der Waals surface area contributed by atoms with E-state index >= 15 is 0 Å². The van der Waals surface area contributed by atoms with E-state index in [0.29, 0.717) is 18.6 Å². The normalized spacial score (nSPS) is 28.4. The zero-order valence-corrected chi connectivity index (χ0v) is 10.9. The summed E-state index contributed by atoms with van der Waals surface area (Å²) < 4.78 is 0. The fraction of sp³-hybridized carbons (Fsp3) is 0.692. The van der Waals surface area contributed by atoms with Crippen LogP contribution in [0.2, 0.25) is 0 Å². The predicted molar refractivity (Wildman–Crippen MR) is 71.3 cm³/mol. The lowest BCUT2D eigenvalue weighted by Crippen LogP contribution is -2.55. The zero-order valence-electron chi connectivity index (χ0n) is 10.9. The average molecular weight is 247 g/mol. The van der Waals surface area contributed by atoms with Crippen molar-refractivity contribution in [2.24, 2.45) is 5.73 Å². The van der Waals surface area contributed by atoms with Gasteiger partial charge in [0.1, 0.15) is 5.82 Å². The maximum absolute atomic E-state index is 5.55. The van der Waals surface area contributed by atoms with E-state index in [2.05, 4.69) is 26.7 Å². The molecule has 3 heterocycles. The number of aromatic nitrogens is 2. The minimum Gasteiger partial charge on any atom is -0.350 e. The number of hydrogen-bond acceptors (Lipinski definition) is 5. The Morgan fingerprint density at radius 2 is 2.22 bits per heavy atom. The van der Waals surface area contributed by atoms with Crippen LogP contribution in [0, 0.1) is 0 Å². The highest BCUT2D eigenvalue weighted by Crippen LogP contribution is 2.27. The minimum atomic E-state index is 0.458. The van der Waals surface area contributed by atoms with Gasteiger partial charge in [0.25, 0.3) is 0 Å². The Morgan fingerprint density at radius 1 is 1.33 bits per heavy atom. The highest BCUT2D eigenvalue weighted by atomic mass is 15.3. The third kappa shape index (κ3) is 2.08. The fourth-order valence-electron chi connectivity index (χ4n) is 3.11. The SMILES string of the molecule is CC1CN2CCCC2CN1c1cnc(CN)cn1. The van der Waals surface area contributed by atoms with Gasteiger partial charge in [-0.3, -0.25) is 9.88 Å². The van der Waals surface area contributed by atoms with Crippen LogP contribution < -0.4 is 10.6 Å². The summed E-state index contributed by atoms with van der Waals surface area (Å²) in [7, 11) is 0. The summed E-state index contributed by atoms with van der Waals surface area (Å²) in [5, 5.41) is 0. The van der Waals surface area contributed by atoms with E-state index in [0.717, 1.165) is 24.6 Å². The summed E-state index contributed by atoms with van der Waals surface area (Å²) in [6.45, 7) is 6.22. The Hall–Kier alpha value is -1.20. The molecule has 1 aromatic rings. The molecule has 0 bridgehead atoms. The van der Waals surface area contributed by atoms with Gasteiger partial charge >= 0.3 is 0 Å². The van der Waals surface area contributed by atoms with Crippen molar-refractivity contribution >= 4 is 5.82 Å². The first-order valence-corrected chi connectivity index (χ1v) is 6.79. The monoisotopic (exact) mass is 247 g/mol. The number of rotatable bonds is 2. The summed E-state index contributed by atoms with van der Waals surface area (Å²) in [5.74, 6) is 0.992. The van der Waals surface area contributed by atoms with Crippen LogP contribution in [0.25, 0.3) is 0 Å². The van der Waals surface area contributed by atoms with E-state index < -0.39 is 0 Å². The third-order valence-electron chi connectivity index (χ3n) is 4.13. The lowest BCUT2D eigenvalue weighted by molar-refractivity contribution is 0.202. The Balaban J connectivity index is 1.77. The molecule has 0 saturated carbocycles. The molecule has 2 unspecified atom stereocenters. The molecule has 0 aromatic carbocycles.